The number of nitrogens with one attached hydrogen (secondary N) is 1. The van der Waals surface area contributed by atoms with Crippen molar-refractivity contribution < 1.29 is 17.2 Å². The van der Waals surface area contributed by atoms with Gasteiger partial charge in [0.15, 0.2) is 0 Å². The van der Waals surface area contributed by atoms with Crippen molar-refractivity contribution in [3.05, 3.63) is 0 Å². The number of nitrogens with two attached hydrogens (primary N) is 1. The predicted octanol–water partition coefficient (Wildman–Crippen LogP) is -0.687. The monoisotopic (exact) mass is 226 g/mol. The van der Waals surface area contributed by atoms with E-state index in [0.717, 1.165) is 0 Å². The largest absolute Gasteiger partial charge is 0.314 e. The molecule has 4 unspecified atom stereocenters. The molecule has 1 spiro atoms. The van der Waals surface area contributed by atoms with Gasteiger partial charge in [0.1, 0.15) is 17.6 Å². The second-order valence-corrected chi connectivity index (χ2v) is 5.63. The quantitative estimate of drug-likeness (QED) is 0.622. The van der Waals surface area contributed by atoms with Gasteiger partial charge in [-0.25, -0.2) is 22.3 Å². The highest BCUT2D eigenvalue weighted by Gasteiger charge is 2.75. The van der Waals surface area contributed by atoms with Crippen LogP contribution in [0.1, 0.15) is 6.42 Å². The molecule has 7 heteroatoms. The van der Waals surface area contributed by atoms with Crippen molar-refractivity contribution in [1.82, 2.24) is 5.32 Å². The molecule has 14 heavy (non-hydrogen) atoms. The van der Waals surface area contributed by atoms with Crippen LogP contribution in [0.15, 0.2) is 0 Å². The molecule has 4 atom stereocenters. The number of primary sulfonamides is 1. The Labute approximate surface area is 80.9 Å². The third kappa shape index (κ3) is 1.19. The fraction of sp³-hybridized carbons (Fsp3) is 1.00. The van der Waals surface area contributed by atoms with E-state index >= 15 is 0 Å². The first-order valence-electron chi connectivity index (χ1n) is 4.41. The SMILES string of the molecule is NS(=O)(=O)C1C(F)C12CCNCC2F. The molecule has 0 aromatic heterocycles. The van der Waals surface area contributed by atoms with Gasteiger partial charge in [-0.05, 0) is 13.0 Å². The van der Waals surface area contributed by atoms with E-state index in [0.29, 0.717) is 6.54 Å². The summed E-state index contributed by atoms with van der Waals surface area (Å²) in [6.07, 6.45) is -2.92. The summed E-state index contributed by atoms with van der Waals surface area (Å²) >= 11 is 0. The Kier molecular flexibility index (Phi) is 2.10. The van der Waals surface area contributed by atoms with Gasteiger partial charge >= 0.3 is 0 Å². The second-order valence-electron chi connectivity index (χ2n) is 3.95. The molecule has 0 radical (unpaired) electrons. The number of piperidine rings is 1. The zero-order chi connectivity index (χ0) is 10.6. The Morgan fingerprint density at radius 3 is 2.50 bits per heavy atom. The van der Waals surface area contributed by atoms with E-state index in [4.69, 9.17) is 5.14 Å². The van der Waals surface area contributed by atoms with Gasteiger partial charge in [-0.2, -0.15) is 0 Å². The summed E-state index contributed by atoms with van der Waals surface area (Å²) in [4.78, 5) is 0. The van der Waals surface area contributed by atoms with Gasteiger partial charge in [0.2, 0.25) is 10.0 Å². The molecule has 2 rings (SSSR count). The van der Waals surface area contributed by atoms with E-state index in [1.807, 2.05) is 0 Å². The van der Waals surface area contributed by atoms with Crippen LogP contribution >= 0.6 is 0 Å². The molecule has 2 fully saturated rings. The summed E-state index contributed by atoms with van der Waals surface area (Å²) in [5.74, 6) is 0. The first-order valence-corrected chi connectivity index (χ1v) is 6.02. The Morgan fingerprint density at radius 1 is 1.43 bits per heavy atom. The molecule has 1 saturated heterocycles. The van der Waals surface area contributed by atoms with Gasteiger partial charge in [-0.15, -0.1) is 0 Å². The van der Waals surface area contributed by atoms with Crippen LogP contribution in [-0.2, 0) is 10.0 Å². The summed E-state index contributed by atoms with van der Waals surface area (Å²) in [5.41, 5.74) is -1.36. The maximum absolute atomic E-state index is 13.4. The van der Waals surface area contributed by atoms with Gasteiger partial charge in [-0.3, -0.25) is 0 Å². The molecule has 1 aliphatic heterocycles. The minimum Gasteiger partial charge on any atom is -0.314 e. The molecule has 1 saturated carbocycles. The molecule has 1 aliphatic carbocycles. The zero-order valence-corrected chi connectivity index (χ0v) is 8.23. The normalized spacial score (nSPS) is 48.1. The molecule has 3 N–H and O–H groups in total. The Morgan fingerprint density at radius 2 is 2.07 bits per heavy atom. The molecule has 1 heterocycles. The second kappa shape index (κ2) is 2.86. The van der Waals surface area contributed by atoms with Gasteiger partial charge in [-0.1, -0.05) is 0 Å². The Bertz CT molecular complexity index is 348. The molecule has 82 valence electrons. The molecule has 0 aromatic rings. The summed E-state index contributed by atoms with van der Waals surface area (Å²) in [6.45, 7) is 0.444. The summed E-state index contributed by atoms with van der Waals surface area (Å²) in [5, 5.41) is 6.25. The lowest BCUT2D eigenvalue weighted by atomic mass is 9.92. The van der Waals surface area contributed by atoms with Gasteiger partial charge in [0.05, 0.1) is 5.41 Å². The van der Waals surface area contributed by atoms with Crippen LogP contribution in [0.2, 0.25) is 0 Å². The minimum atomic E-state index is -3.96. The van der Waals surface area contributed by atoms with Crippen molar-refractivity contribution in [1.29, 1.82) is 0 Å². The topological polar surface area (TPSA) is 72.2 Å². The van der Waals surface area contributed by atoms with Crippen molar-refractivity contribution in [2.24, 2.45) is 10.6 Å². The smallest absolute Gasteiger partial charge is 0.215 e. The van der Waals surface area contributed by atoms with Crippen molar-refractivity contribution in [2.75, 3.05) is 13.1 Å². The highest BCUT2D eigenvalue weighted by atomic mass is 32.2. The highest BCUT2D eigenvalue weighted by molar-refractivity contribution is 7.90. The molecule has 0 amide bonds. The fourth-order valence-corrected chi connectivity index (χ4v) is 3.88. The molecule has 0 aromatic carbocycles. The third-order valence-electron chi connectivity index (χ3n) is 3.20. The van der Waals surface area contributed by atoms with E-state index < -0.39 is 33.0 Å². The standard InChI is InChI=1S/C7H12F2N2O2S/c8-4-3-11-2-1-7(4)5(9)6(7)14(10,12)13/h4-6,11H,1-3H2,(H2,10,12,13). The molecule has 0 bridgehead atoms. The van der Waals surface area contributed by atoms with Crippen LogP contribution in [0.5, 0.6) is 0 Å². The van der Waals surface area contributed by atoms with Crippen molar-refractivity contribution >= 4 is 10.0 Å². The lowest BCUT2D eigenvalue weighted by Crippen LogP contribution is -2.43. The van der Waals surface area contributed by atoms with E-state index in [1.165, 1.54) is 0 Å². The van der Waals surface area contributed by atoms with Crippen LogP contribution in [0.3, 0.4) is 0 Å². The predicted molar refractivity (Wildman–Crippen MR) is 46.6 cm³/mol. The first-order chi connectivity index (χ1) is 6.40. The summed E-state index contributed by atoms with van der Waals surface area (Å²) in [7, 11) is -3.96. The van der Waals surface area contributed by atoms with Crippen LogP contribution in [0.25, 0.3) is 0 Å². The lowest BCUT2D eigenvalue weighted by molar-refractivity contribution is 0.135. The summed E-state index contributed by atoms with van der Waals surface area (Å²) < 4.78 is 48.7. The van der Waals surface area contributed by atoms with E-state index in [9.17, 15) is 17.2 Å². The highest BCUT2D eigenvalue weighted by Crippen LogP contribution is 2.59. The fourth-order valence-electron chi connectivity index (χ4n) is 2.36. The van der Waals surface area contributed by atoms with Crippen LogP contribution in [-0.4, -0.2) is 39.1 Å². The minimum absolute atomic E-state index is 0.00639. The number of halogens is 2. The van der Waals surface area contributed by atoms with Gasteiger partial charge in [0.25, 0.3) is 0 Å². The Balaban J connectivity index is 2.27. The van der Waals surface area contributed by atoms with Gasteiger partial charge in [0, 0.05) is 6.54 Å². The molecular formula is C7H12F2N2O2S. The van der Waals surface area contributed by atoms with Crippen molar-refractivity contribution in [2.45, 2.75) is 24.0 Å². The number of hydrogen-bond acceptors (Lipinski definition) is 3. The van der Waals surface area contributed by atoms with Crippen LogP contribution in [0, 0.1) is 5.41 Å². The number of sulfonamides is 1. The van der Waals surface area contributed by atoms with Crippen molar-refractivity contribution in [3.63, 3.8) is 0 Å². The van der Waals surface area contributed by atoms with Crippen LogP contribution < -0.4 is 10.5 Å². The lowest BCUT2D eigenvalue weighted by Gasteiger charge is -2.26. The number of rotatable bonds is 1. The maximum atomic E-state index is 13.4. The Hall–Kier alpha value is -0.270. The van der Waals surface area contributed by atoms with E-state index in [1.54, 1.807) is 0 Å². The average molecular weight is 226 g/mol. The maximum Gasteiger partial charge on any atom is 0.215 e. The molecule has 2 aliphatic rings. The first kappa shape index (κ1) is 10.3. The number of alkyl halides is 2. The average Bonchev–Trinajstić information content (AvgIpc) is 2.64. The van der Waals surface area contributed by atoms with Crippen LogP contribution in [0.4, 0.5) is 8.78 Å². The third-order valence-corrected chi connectivity index (χ3v) is 4.58. The van der Waals surface area contributed by atoms with Crippen molar-refractivity contribution in [3.8, 4) is 0 Å². The number of hydrogen-bond donors (Lipinski definition) is 2. The molecular weight excluding hydrogens is 214 g/mol. The summed E-state index contributed by atoms with van der Waals surface area (Å²) in [6, 6.07) is 0. The van der Waals surface area contributed by atoms with E-state index in [2.05, 4.69) is 5.32 Å². The zero-order valence-electron chi connectivity index (χ0n) is 7.41. The molecule has 4 nitrogen and oxygen atoms in total. The van der Waals surface area contributed by atoms with Gasteiger partial charge < -0.3 is 5.32 Å². The van der Waals surface area contributed by atoms with E-state index in [-0.39, 0.29) is 13.0 Å².